The number of alkyl halides is 1. The number of halogens is 1. The summed E-state index contributed by atoms with van der Waals surface area (Å²) >= 11 is 0. The first kappa shape index (κ1) is 12.8. The minimum Gasteiger partial charge on any atom is -0.370 e. The summed E-state index contributed by atoms with van der Waals surface area (Å²) in [6.07, 6.45) is -0.0110. The summed E-state index contributed by atoms with van der Waals surface area (Å²) in [5.41, 5.74) is 0. The third-order valence-electron chi connectivity index (χ3n) is 2.02. The van der Waals surface area contributed by atoms with Gasteiger partial charge >= 0.3 is 0 Å². The Morgan fingerprint density at radius 3 is 2.46 bits per heavy atom. The molecular weight excluding hydrogens is 169 g/mol. The first-order valence-corrected chi connectivity index (χ1v) is 5.20. The Morgan fingerprint density at radius 2 is 2.00 bits per heavy atom. The zero-order valence-electron chi connectivity index (χ0n) is 9.22. The Balaban J connectivity index is 0.000000671. The number of morpholine rings is 1. The fraction of sp³-hybridized carbons (Fsp3) is 1.00. The van der Waals surface area contributed by atoms with E-state index in [2.05, 4.69) is 11.8 Å². The van der Waals surface area contributed by atoms with E-state index >= 15 is 0 Å². The Labute approximate surface area is 81.1 Å². The molecule has 0 radical (unpaired) electrons. The molecule has 0 bridgehead atoms. The molecule has 1 saturated heterocycles. The molecule has 0 spiro atoms. The van der Waals surface area contributed by atoms with Crippen LogP contribution in [-0.2, 0) is 4.74 Å². The van der Waals surface area contributed by atoms with Gasteiger partial charge in [0.15, 0.2) is 0 Å². The second kappa shape index (κ2) is 7.27. The number of hydrogen-bond acceptors (Lipinski definition) is 2. The molecule has 1 rings (SSSR count). The average molecular weight is 191 g/mol. The number of nitrogens with zero attached hydrogens (tertiary/aromatic N) is 1. The van der Waals surface area contributed by atoms with E-state index in [1.165, 1.54) is 0 Å². The summed E-state index contributed by atoms with van der Waals surface area (Å²) in [5.74, 6) is 0. The summed E-state index contributed by atoms with van der Waals surface area (Å²) in [5, 5.41) is 0. The molecule has 0 aliphatic carbocycles. The Hall–Kier alpha value is -0.150. The molecule has 2 nitrogen and oxygen atoms in total. The second-order valence-corrected chi connectivity index (χ2v) is 3.08. The van der Waals surface area contributed by atoms with Crippen molar-refractivity contribution in [1.29, 1.82) is 0 Å². The van der Waals surface area contributed by atoms with Crippen LogP contribution in [0.2, 0.25) is 0 Å². The SMILES string of the molecule is CC.CCN1CC(C)OC(CF)C1. The van der Waals surface area contributed by atoms with Crippen molar-refractivity contribution in [1.82, 2.24) is 4.90 Å². The van der Waals surface area contributed by atoms with Gasteiger partial charge in [-0.05, 0) is 13.5 Å². The average Bonchev–Trinajstić information content (AvgIpc) is 2.20. The fourth-order valence-corrected chi connectivity index (χ4v) is 1.48. The first-order valence-electron chi connectivity index (χ1n) is 5.20. The van der Waals surface area contributed by atoms with Gasteiger partial charge in [-0.15, -0.1) is 0 Å². The van der Waals surface area contributed by atoms with Gasteiger partial charge in [0.1, 0.15) is 6.67 Å². The normalized spacial score (nSPS) is 29.3. The molecule has 2 unspecified atom stereocenters. The van der Waals surface area contributed by atoms with Gasteiger partial charge in [0.05, 0.1) is 12.2 Å². The lowest BCUT2D eigenvalue weighted by molar-refractivity contribution is -0.0830. The maximum Gasteiger partial charge on any atom is 0.117 e. The van der Waals surface area contributed by atoms with E-state index in [4.69, 9.17) is 4.74 Å². The van der Waals surface area contributed by atoms with Crippen LogP contribution in [0.1, 0.15) is 27.7 Å². The van der Waals surface area contributed by atoms with Gasteiger partial charge in [0.2, 0.25) is 0 Å². The van der Waals surface area contributed by atoms with Crippen molar-refractivity contribution in [3.05, 3.63) is 0 Å². The van der Waals surface area contributed by atoms with E-state index in [1.54, 1.807) is 0 Å². The van der Waals surface area contributed by atoms with Crippen LogP contribution in [0, 0.1) is 0 Å². The van der Waals surface area contributed by atoms with Crippen molar-refractivity contribution in [2.75, 3.05) is 26.3 Å². The van der Waals surface area contributed by atoms with Crippen LogP contribution in [0.25, 0.3) is 0 Å². The zero-order valence-corrected chi connectivity index (χ0v) is 9.22. The minimum atomic E-state index is -0.360. The van der Waals surface area contributed by atoms with Gasteiger partial charge in [-0.25, -0.2) is 4.39 Å². The molecule has 80 valence electrons. The summed E-state index contributed by atoms with van der Waals surface area (Å²) in [6, 6.07) is 0. The molecule has 13 heavy (non-hydrogen) atoms. The lowest BCUT2D eigenvalue weighted by Gasteiger charge is -2.34. The standard InChI is InChI=1S/C8H16FNO.C2H6/c1-3-10-5-7(2)11-8(4-9)6-10;1-2/h7-8H,3-6H2,1-2H3;1-2H3. The van der Waals surface area contributed by atoms with Gasteiger partial charge < -0.3 is 4.74 Å². The number of ether oxygens (including phenoxy) is 1. The van der Waals surface area contributed by atoms with Gasteiger partial charge in [-0.3, -0.25) is 4.90 Å². The van der Waals surface area contributed by atoms with E-state index in [1.807, 2.05) is 20.8 Å². The zero-order chi connectivity index (χ0) is 10.3. The van der Waals surface area contributed by atoms with Crippen LogP contribution >= 0.6 is 0 Å². The number of hydrogen-bond donors (Lipinski definition) is 0. The Kier molecular flexibility index (Phi) is 7.19. The first-order chi connectivity index (χ1) is 6.26. The molecule has 1 heterocycles. The van der Waals surface area contributed by atoms with Crippen molar-refractivity contribution in [2.24, 2.45) is 0 Å². The molecular formula is C10H22FNO. The fourth-order valence-electron chi connectivity index (χ4n) is 1.48. The van der Waals surface area contributed by atoms with Crippen LogP contribution in [0.3, 0.4) is 0 Å². The van der Waals surface area contributed by atoms with Crippen LogP contribution in [0.5, 0.6) is 0 Å². The topological polar surface area (TPSA) is 12.5 Å². The van der Waals surface area contributed by atoms with Crippen molar-refractivity contribution in [3.63, 3.8) is 0 Å². The van der Waals surface area contributed by atoms with Crippen molar-refractivity contribution in [2.45, 2.75) is 39.9 Å². The second-order valence-electron chi connectivity index (χ2n) is 3.08. The Bertz CT molecular complexity index is 109. The van der Waals surface area contributed by atoms with Gasteiger partial charge in [0, 0.05) is 13.1 Å². The lowest BCUT2D eigenvalue weighted by atomic mass is 10.2. The van der Waals surface area contributed by atoms with E-state index < -0.39 is 0 Å². The summed E-state index contributed by atoms with van der Waals surface area (Å²) in [6.45, 7) is 10.4. The molecule has 0 aromatic heterocycles. The van der Waals surface area contributed by atoms with E-state index in [0.29, 0.717) is 0 Å². The third kappa shape index (κ3) is 4.58. The molecule has 2 atom stereocenters. The van der Waals surface area contributed by atoms with Crippen molar-refractivity contribution >= 4 is 0 Å². The van der Waals surface area contributed by atoms with Crippen LogP contribution in [-0.4, -0.2) is 43.4 Å². The van der Waals surface area contributed by atoms with Crippen LogP contribution in [0.15, 0.2) is 0 Å². The van der Waals surface area contributed by atoms with E-state index in [9.17, 15) is 4.39 Å². The molecule has 1 fully saturated rings. The summed E-state index contributed by atoms with van der Waals surface area (Å²) < 4.78 is 17.6. The predicted molar refractivity (Wildman–Crippen MR) is 53.8 cm³/mol. The summed E-state index contributed by atoms with van der Waals surface area (Å²) in [7, 11) is 0. The highest BCUT2D eigenvalue weighted by Gasteiger charge is 2.23. The maximum atomic E-state index is 12.2. The highest BCUT2D eigenvalue weighted by atomic mass is 19.1. The molecule has 0 aromatic carbocycles. The molecule has 1 aliphatic heterocycles. The highest BCUT2D eigenvalue weighted by Crippen LogP contribution is 2.10. The van der Waals surface area contributed by atoms with Gasteiger partial charge in [0.25, 0.3) is 0 Å². The molecule has 0 amide bonds. The van der Waals surface area contributed by atoms with E-state index in [0.717, 1.165) is 19.6 Å². The molecule has 3 heteroatoms. The molecule has 1 aliphatic rings. The number of likely N-dealkylation sites (N-methyl/N-ethyl adjacent to an activating group) is 1. The lowest BCUT2D eigenvalue weighted by Crippen LogP contribution is -2.47. The largest absolute Gasteiger partial charge is 0.370 e. The van der Waals surface area contributed by atoms with Crippen molar-refractivity contribution < 1.29 is 9.13 Å². The van der Waals surface area contributed by atoms with E-state index in [-0.39, 0.29) is 18.9 Å². The van der Waals surface area contributed by atoms with Crippen LogP contribution in [0.4, 0.5) is 4.39 Å². The Morgan fingerprint density at radius 1 is 1.38 bits per heavy atom. The smallest absolute Gasteiger partial charge is 0.117 e. The molecule has 0 N–H and O–H groups in total. The van der Waals surface area contributed by atoms with Crippen molar-refractivity contribution in [3.8, 4) is 0 Å². The quantitative estimate of drug-likeness (QED) is 0.662. The minimum absolute atomic E-state index is 0.185. The number of rotatable bonds is 2. The monoisotopic (exact) mass is 191 g/mol. The highest BCUT2D eigenvalue weighted by molar-refractivity contribution is 4.73. The molecule has 0 saturated carbocycles. The van der Waals surface area contributed by atoms with Gasteiger partial charge in [-0.2, -0.15) is 0 Å². The summed E-state index contributed by atoms with van der Waals surface area (Å²) in [4.78, 5) is 2.22. The maximum absolute atomic E-state index is 12.2. The predicted octanol–water partition coefficient (Wildman–Crippen LogP) is 2.09. The third-order valence-corrected chi connectivity index (χ3v) is 2.02. The molecule has 0 aromatic rings. The van der Waals surface area contributed by atoms with Crippen LogP contribution < -0.4 is 0 Å². The van der Waals surface area contributed by atoms with Gasteiger partial charge in [-0.1, -0.05) is 20.8 Å².